The number of hydrogen-bond acceptors (Lipinski definition) is 5. The van der Waals surface area contributed by atoms with Crippen molar-refractivity contribution in [2.24, 2.45) is 5.73 Å². The van der Waals surface area contributed by atoms with Crippen LogP contribution < -0.4 is 10.5 Å². The maximum atomic E-state index is 13.5. The lowest BCUT2D eigenvalue weighted by Crippen LogP contribution is -2.39. The van der Waals surface area contributed by atoms with Crippen molar-refractivity contribution in [3.8, 4) is 0 Å². The highest BCUT2D eigenvalue weighted by Gasteiger charge is 2.21. The molecule has 0 amide bonds. The molecule has 1 aromatic rings. The van der Waals surface area contributed by atoms with E-state index in [0.29, 0.717) is 19.8 Å². The first-order valence-corrected chi connectivity index (χ1v) is 8.07. The molecule has 21 heavy (non-hydrogen) atoms. The standard InChI is InChI=1S/C12H15FN2O4S2/c13-11-2-1-9(5-10(11)12(14)20)21(16,17)15-6-8-7-18-3-4-19-8/h1-2,5,8,15H,3-4,6-7H2,(H2,14,20). The Morgan fingerprint density at radius 2 is 2.24 bits per heavy atom. The van der Waals surface area contributed by atoms with Crippen molar-refractivity contribution in [3.05, 3.63) is 29.6 Å². The zero-order chi connectivity index (χ0) is 15.5. The molecule has 1 aliphatic heterocycles. The van der Waals surface area contributed by atoms with E-state index in [0.717, 1.165) is 18.2 Å². The Morgan fingerprint density at radius 1 is 1.48 bits per heavy atom. The number of sulfonamides is 1. The molecule has 1 aliphatic rings. The van der Waals surface area contributed by atoms with Crippen LogP contribution in [-0.2, 0) is 19.5 Å². The van der Waals surface area contributed by atoms with Gasteiger partial charge in [-0.15, -0.1) is 0 Å². The summed E-state index contributed by atoms with van der Waals surface area (Å²) in [6.45, 7) is 1.32. The number of nitrogens with one attached hydrogen (secondary N) is 1. The van der Waals surface area contributed by atoms with Crippen LogP contribution in [0.3, 0.4) is 0 Å². The molecule has 0 aliphatic carbocycles. The van der Waals surface area contributed by atoms with Crippen LogP contribution in [0.5, 0.6) is 0 Å². The number of thiocarbonyl (C=S) groups is 1. The van der Waals surface area contributed by atoms with Crippen molar-refractivity contribution in [1.82, 2.24) is 4.72 Å². The molecule has 0 aromatic heterocycles. The summed E-state index contributed by atoms with van der Waals surface area (Å²) in [6, 6.07) is 3.28. The zero-order valence-electron chi connectivity index (χ0n) is 11.0. The summed E-state index contributed by atoms with van der Waals surface area (Å²) in [6.07, 6.45) is -0.343. The summed E-state index contributed by atoms with van der Waals surface area (Å²) in [5.41, 5.74) is 5.25. The number of halogens is 1. The Kier molecular flexibility index (Phi) is 5.22. The summed E-state index contributed by atoms with van der Waals surface area (Å²) in [5.74, 6) is -0.662. The quantitative estimate of drug-likeness (QED) is 0.745. The molecule has 1 heterocycles. The van der Waals surface area contributed by atoms with Crippen LogP contribution in [0, 0.1) is 5.82 Å². The first-order chi connectivity index (χ1) is 9.90. The van der Waals surface area contributed by atoms with Gasteiger partial charge in [0.25, 0.3) is 0 Å². The highest BCUT2D eigenvalue weighted by Crippen LogP contribution is 2.15. The van der Waals surface area contributed by atoms with Gasteiger partial charge in [0, 0.05) is 12.1 Å². The van der Waals surface area contributed by atoms with Gasteiger partial charge in [0.1, 0.15) is 10.8 Å². The molecule has 116 valence electrons. The highest BCUT2D eigenvalue weighted by atomic mass is 32.2. The van der Waals surface area contributed by atoms with Crippen LogP contribution in [0.25, 0.3) is 0 Å². The zero-order valence-corrected chi connectivity index (χ0v) is 12.7. The molecule has 0 spiro atoms. The van der Waals surface area contributed by atoms with Gasteiger partial charge >= 0.3 is 0 Å². The summed E-state index contributed by atoms with van der Waals surface area (Å²) in [4.78, 5) is -0.308. The first kappa shape index (κ1) is 16.2. The number of ether oxygens (including phenoxy) is 2. The third kappa shape index (κ3) is 4.17. The second-order valence-electron chi connectivity index (χ2n) is 4.43. The molecule has 1 atom stereocenters. The lowest BCUT2D eigenvalue weighted by atomic mass is 10.2. The van der Waals surface area contributed by atoms with Gasteiger partial charge in [-0.3, -0.25) is 0 Å². The molecule has 1 aromatic carbocycles. The van der Waals surface area contributed by atoms with Gasteiger partial charge in [0.2, 0.25) is 10.0 Å². The van der Waals surface area contributed by atoms with Gasteiger partial charge in [-0.05, 0) is 18.2 Å². The Morgan fingerprint density at radius 3 is 2.86 bits per heavy atom. The molecule has 0 saturated carbocycles. The average Bonchev–Trinajstić information content (AvgIpc) is 2.46. The van der Waals surface area contributed by atoms with Crippen molar-refractivity contribution in [2.45, 2.75) is 11.0 Å². The van der Waals surface area contributed by atoms with Crippen LogP contribution in [0.4, 0.5) is 4.39 Å². The van der Waals surface area contributed by atoms with Gasteiger partial charge in [0.05, 0.1) is 30.8 Å². The molecule has 1 unspecified atom stereocenters. The predicted octanol–water partition coefficient (Wildman–Crippen LogP) is 0.154. The summed E-state index contributed by atoms with van der Waals surface area (Å²) >= 11 is 4.69. The molecule has 9 heteroatoms. The minimum atomic E-state index is -3.80. The Labute approximate surface area is 127 Å². The summed E-state index contributed by atoms with van der Waals surface area (Å²) in [7, 11) is -3.80. The van der Waals surface area contributed by atoms with E-state index < -0.39 is 15.8 Å². The van der Waals surface area contributed by atoms with E-state index in [-0.39, 0.29) is 28.1 Å². The number of rotatable bonds is 5. The molecular weight excluding hydrogens is 319 g/mol. The van der Waals surface area contributed by atoms with Crippen LogP contribution in [0.1, 0.15) is 5.56 Å². The topological polar surface area (TPSA) is 90.7 Å². The van der Waals surface area contributed by atoms with E-state index in [1.807, 2.05) is 0 Å². The lowest BCUT2D eigenvalue weighted by molar-refractivity contribution is -0.0846. The fourth-order valence-electron chi connectivity index (χ4n) is 1.80. The van der Waals surface area contributed by atoms with Crippen molar-refractivity contribution < 1.29 is 22.3 Å². The maximum absolute atomic E-state index is 13.5. The van der Waals surface area contributed by atoms with E-state index in [9.17, 15) is 12.8 Å². The Bertz CT molecular complexity index is 630. The van der Waals surface area contributed by atoms with Crippen molar-refractivity contribution >= 4 is 27.2 Å². The fourth-order valence-corrected chi connectivity index (χ4v) is 3.05. The van der Waals surface area contributed by atoms with Gasteiger partial charge in [-0.1, -0.05) is 12.2 Å². The number of hydrogen-bond donors (Lipinski definition) is 2. The number of benzene rings is 1. The molecule has 1 fully saturated rings. The van der Waals surface area contributed by atoms with Crippen molar-refractivity contribution in [2.75, 3.05) is 26.4 Å². The summed E-state index contributed by atoms with van der Waals surface area (Å²) in [5, 5.41) is 0. The first-order valence-electron chi connectivity index (χ1n) is 6.18. The Hall–Kier alpha value is -1.13. The maximum Gasteiger partial charge on any atom is 0.240 e. The SMILES string of the molecule is NC(=S)c1cc(S(=O)(=O)NCC2COCCO2)ccc1F. The molecule has 0 bridgehead atoms. The van der Waals surface area contributed by atoms with Crippen LogP contribution >= 0.6 is 12.2 Å². The van der Waals surface area contributed by atoms with Gasteiger partial charge in [-0.2, -0.15) is 0 Å². The molecule has 2 rings (SSSR count). The van der Waals surface area contributed by atoms with Crippen LogP contribution in [-0.4, -0.2) is 45.9 Å². The third-order valence-corrected chi connectivity index (χ3v) is 4.54. The molecule has 0 radical (unpaired) electrons. The van der Waals surface area contributed by atoms with Crippen LogP contribution in [0.15, 0.2) is 23.1 Å². The molecule has 6 nitrogen and oxygen atoms in total. The molecule has 1 saturated heterocycles. The smallest absolute Gasteiger partial charge is 0.240 e. The number of nitrogens with two attached hydrogens (primary N) is 1. The predicted molar refractivity (Wildman–Crippen MR) is 78.0 cm³/mol. The second kappa shape index (κ2) is 6.75. The minimum Gasteiger partial charge on any atom is -0.389 e. The minimum absolute atomic E-state index is 0.0715. The van der Waals surface area contributed by atoms with Crippen LogP contribution in [0.2, 0.25) is 0 Å². The fraction of sp³-hybridized carbons (Fsp3) is 0.417. The van der Waals surface area contributed by atoms with E-state index >= 15 is 0 Å². The van der Waals surface area contributed by atoms with E-state index in [1.165, 1.54) is 0 Å². The van der Waals surface area contributed by atoms with Gasteiger partial charge < -0.3 is 15.2 Å². The van der Waals surface area contributed by atoms with Crippen molar-refractivity contribution in [1.29, 1.82) is 0 Å². The lowest BCUT2D eigenvalue weighted by Gasteiger charge is -2.23. The van der Waals surface area contributed by atoms with Crippen molar-refractivity contribution in [3.63, 3.8) is 0 Å². The van der Waals surface area contributed by atoms with Gasteiger partial charge in [0.15, 0.2) is 0 Å². The second-order valence-corrected chi connectivity index (χ2v) is 6.63. The van der Waals surface area contributed by atoms with E-state index in [4.69, 9.17) is 15.2 Å². The Balaban J connectivity index is 2.11. The molecular formula is C12H15FN2O4S2. The van der Waals surface area contributed by atoms with E-state index in [1.54, 1.807) is 0 Å². The van der Waals surface area contributed by atoms with Gasteiger partial charge in [-0.25, -0.2) is 17.5 Å². The normalized spacial score (nSPS) is 19.4. The van der Waals surface area contributed by atoms with E-state index in [2.05, 4.69) is 16.9 Å². The average molecular weight is 334 g/mol. The highest BCUT2D eigenvalue weighted by molar-refractivity contribution is 7.89. The largest absolute Gasteiger partial charge is 0.389 e. The summed E-state index contributed by atoms with van der Waals surface area (Å²) < 4.78 is 50.7. The monoisotopic (exact) mass is 334 g/mol. The molecule has 3 N–H and O–H groups in total. The third-order valence-electron chi connectivity index (χ3n) is 2.90.